The molecular weight excluding hydrogens is 168 g/mol. The highest BCUT2D eigenvalue weighted by molar-refractivity contribution is 7.12. The molecule has 12 heavy (non-hydrogen) atoms. The number of hydrogen-bond acceptors (Lipinski definition) is 2. The van der Waals surface area contributed by atoms with Crippen LogP contribution in [0.3, 0.4) is 0 Å². The fourth-order valence-corrected chi connectivity index (χ4v) is 1.79. The monoisotopic (exact) mass is 182 g/mol. The van der Waals surface area contributed by atoms with Gasteiger partial charge in [0.05, 0.1) is 4.88 Å². The van der Waals surface area contributed by atoms with Gasteiger partial charge in [-0.2, -0.15) is 0 Å². The van der Waals surface area contributed by atoms with Crippen LogP contribution in [0.4, 0.5) is 0 Å². The van der Waals surface area contributed by atoms with E-state index < -0.39 is 0 Å². The predicted octanol–water partition coefficient (Wildman–Crippen LogP) is 3.51. The van der Waals surface area contributed by atoms with Crippen molar-refractivity contribution >= 4 is 17.1 Å². The van der Waals surface area contributed by atoms with Crippen molar-refractivity contribution < 1.29 is 4.79 Å². The molecule has 0 aliphatic heterocycles. The molecule has 1 rings (SSSR count). The molecule has 0 N–H and O–H groups in total. The molecule has 0 atom stereocenters. The lowest BCUT2D eigenvalue weighted by atomic mass is 10.1. The summed E-state index contributed by atoms with van der Waals surface area (Å²) in [7, 11) is 0. The van der Waals surface area contributed by atoms with Crippen molar-refractivity contribution in [1.29, 1.82) is 0 Å². The summed E-state index contributed by atoms with van der Waals surface area (Å²) >= 11 is 1.54. The van der Waals surface area contributed by atoms with E-state index in [1.165, 1.54) is 17.8 Å². The molecule has 0 aromatic carbocycles. The summed E-state index contributed by atoms with van der Waals surface area (Å²) in [4.78, 5) is 12.3. The first-order valence-electron chi connectivity index (χ1n) is 4.41. The van der Waals surface area contributed by atoms with Gasteiger partial charge in [0.1, 0.15) is 0 Å². The summed E-state index contributed by atoms with van der Waals surface area (Å²) in [5.74, 6) is 0.304. The first kappa shape index (κ1) is 9.46. The average molecular weight is 182 g/mol. The second kappa shape index (κ2) is 5.09. The number of thiophene rings is 1. The van der Waals surface area contributed by atoms with E-state index in [1.54, 1.807) is 0 Å². The standard InChI is InChI=1S/C10H14OS/c1-2-3-4-6-9(11)10-7-5-8-12-10/h5,7-8H,2-4,6H2,1H3. The highest BCUT2D eigenvalue weighted by Crippen LogP contribution is 2.13. The zero-order valence-corrected chi connectivity index (χ0v) is 8.19. The number of ketones is 1. The zero-order valence-electron chi connectivity index (χ0n) is 7.38. The molecular formula is C10H14OS. The fourth-order valence-electron chi connectivity index (χ4n) is 1.10. The van der Waals surface area contributed by atoms with Crippen molar-refractivity contribution in [2.45, 2.75) is 32.6 Å². The second-order valence-electron chi connectivity index (χ2n) is 2.86. The van der Waals surface area contributed by atoms with Crippen LogP contribution in [0.2, 0.25) is 0 Å². The van der Waals surface area contributed by atoms with Gasteiger partial charge in [0.25, 0.3) is 0 Å². The molecule has 1 aromatic rings. The molecule has 1 aromatic heterocycles. The van der Waals surface area contributed by atoms with E-state index in [-0.39, 0.29) is 0 Å². The molecule has 0 radical (unpaired) electrons. The van der Waals surface area contributed by atoms with E-state index in [0.717, 1.165) is 17.7 Å². The Kier molecular flexibility index (Phi) is 4.01. The van der Waals surface area contributed by atoms with Crippen LogP contribution in [-0.4, -0.2) is 5.78 Å². The molecule has 0 saturated heterocycles. The summed E-state index contributed by atoms with van der Waals surface area (Å²) in [5.41, 5.74) is 0. The van der Waals surface area contributed by atoms with Crippen LogP contribution < -0.4 is 0 Å². The lowest BCUT2D eigenvalue weighted by Crippen LogP contribution is -1.94. The van der Waals surface area contributed by atoms with Gasteiger partial charge in [0, 0.05) is 6.42 Å². The van der Waals surface area contributed by atoms with E-state index in [9.17, 15) is 4.79 Å². The van der Waals surface area contributed by atoms with Crippen LogP contribution in [-0.2, 0) is 0 Å². The first-order chi connectivity index (χ1) is 5.84. The summed E-state index contributed by atoms with van der Waals surface area (Å²) in [6.45, 7) is 2.15. The Morgan fingerprint density at radius 1 is 1.50 bits per heavy atom. The van der Waals surface area contributed by atoms with Gasteiger partial charge in [-0.3, -0.25) is 4.79 Å². The van der Waals surface area contributed by atoms with Crippen LogP contribution in [0.1, 0.15) is 42.3 Å². The van der Waals surface area contributed by atoms with Gasteiger partial charge in [0.2, 0.25) is 0 Å². The number of hydrogen-bond donors (Lipinski definition) is 0. The van der Waals surface area contributed by atoms with Crippen LogP contribution in [0, 0.1) is 0 Å². The van der Waals surface area contributed by atoms with Crippen molar-refractivity contribution in [1.82, 2.24) is 0 Å². The third-order valence-corrected chi connectivity index (χ3v) is 2.71. The topological polar surface area (TPSA) is 17.1 Å². The van der Waals surface area contributed by atoms with E-state index >= 15 is 0 Å². The number of Topliss-reactive ketones (excluding diaryl/α,β-unsaturated/α-hetero) is 1. The van der Waals surface area contributed by atoms with Crippen LogP contribution in [0.15, 0.2) is 17.5 Å². The number of rotatable bonds is 5. The maximum absolute atomic E-state index is 11.4. The molecule has 0 aliphatic carbocycles. The lowest BCUT2D eigenvalue weighted by molar-refractivity contribution is 0.0983. The molecule has 0 saturated carbocycles. The second-order valence-corrected chi connectivity index (χ2v) is 3.81. The van der Waals surface area contributed by atoms with Crippen LogP contribution >= 0.6 is 11.3 Å². The molecule has 1 heterocycles. The predicted molar refractivity (Wildman–Crippen MR) is 52.8 cm³/mol. The molecule has 0 aliphatic rings. The average Bonchev–Trinajstić information content (AvgIpc) is 2.56. The van der Waals surface area contributed by atoms with E-state index in [2.05, 4.69) is 6.92 Å². The minimum absolute atomic E-state index is 0.304. The van der Waals surface area contributed by atoms with Crippen molar-refractivity contribution in [2.24, 2.45) is 0 Å². The first-order valence-corrected chi connectivity index (χ1v) is 5.29. The van der Waals surface area contributed by atoms with Gasteiger partial charge in [0.15, 0.2) is 5.78 Å². The fraction of sp³-hybridized carbons (Fsp3) is 0.500. The summed E-state index contributed by atoms with van der Waals surface area (Å²) in [5, 5.41) is 1.95. The molecule has 1 nitrogen and oxygen atoms in total. The third kappa shape index (κ3) is 2.78. The Morgan fingerprint density at radius 3 is 2.92 bits per heavy atom. The highest BCUT2D eigenvalue weighted by atomic mass is 32.1. The quantitative estimate of drug-likeness (QED) is 0.503. The van der Waals surface area contributed by atoms with E-state index in [1.807, 2.05) is 17.5 Å². The number of unbranched alkanes of at least 4 members (excludes halogenated alkanes) is 2. The zero-order chi connectivity index (χ0) is 8.81. The SMILES string of the molecule is CCCCCC(=O)c1cccs1. The van der Waals surface area contributed by atoms with Gasteiger partial charge < -0.3 is 0 Å². The van der Waals surface area contributed by atoms with Gasteiger partial charge in [-0.1, -0.05) is 25.8 Å². The Bertz CT molecular complexity index is 226. The third-order valence-electron chi connectivity index (χ3n) is 1.80. The van der Waals surface area contributed by atoms with Crippen LogP contribution in [0.5, 0.6) is 0 Å². The molecule has 66 valence electrons. The summed E-state index contributed by atoms with van der Waals surface area (Å²) in [6.07, 6.45) is 4.09. The Labute approximate surface area is 77.4 Å². The molecule has 0 spiro atoms. The van der Waals surface area contributed by atoms with Gasteiger partial charge >= 0.3 is 0 Å². The Morgan fingerprint density at radius 2 is 2.33 bits per heavy atom. The summed E-state index contributed by atoms with van der Waals surface area (Å²) < 4.78 is 0. The minimum atomic E-state index is 0.304. The number of carbonyl (C=O) groups is 1. The Hall–Kier alpha value is -0.630. The van der Waals surface area contributed by atoms with Gasteiger partial charge in [-0.15, -0.1) is 11.3 Å². The molecule has 0 unspecified atom stereocenters. The molecule has 0 amide bonds. The van der Waals surface area contributed by atoms with Crippen LogP contribution in [0.25, 0.3) is 0 Å². The van der Waals surface area contributed by atoms with Crippen molar-refractivity contribution in [3.63, 3.8) is 0 Å². The number of carbonyl (C=O) groups excluding carboxylic acids is 1. The molecule has 0 fully saturated rings. The lowest BCUT2D eigenvalue weighted by Gasteiger charge is -1.95. The normalized spacial score (nSPS) is 10.1. The molecule has 2 heteroatoms. The van der Waals surface area contributed by atoms with Crippen molar-refractivity contribution in [3.8, 4) is 0 Å². The van der Waals surface area contributed by atoms with Gasteiger partial charge in [-0.05, 0) is 17.9 Å². The van der Waals surface area contributed by atoms with E-state index in [0.29, 0.717) is 12.2 Å². The van der Waals surface area contributed by atoms with Gasteiger partial charge in [-0.25, -0.2) is 0 Å². The van der Waals surface area contributed by atoms with Crippen molar-refractivity contribution in [2.75, 3.05) is 0 Å². The maximum atomic E-state index is 11.4. The highest BCUT2D eigenvalue weighted by Gasteiger charge is 2.04. The largest absolute Gasteiger partial charge is 0.293 e. The smallest absolute Gasteiger partial charge is 0.172 e. The van der Waals surface area contributed by atoms with Crippen molar-refractivity contribution in [3.05, 3.63) is 22.4 Å². The Balaban J connectivity index is 2.30. The minimum Gasteiger partial charge on any atom is -0.293 e. The maximum Gasteiger partial charge on any atom is 0.172 e. The van der Waals surface area contributed by atoms with E-state index in [4.69, 9.17) is 0 Å². The molecule has 0 bridgehead atoms. The summed E-state index contributed by atoms with van der Waals surface area (Å²) in [6, 6.07) is 3.83.